The minimum Gasteiger partial charge on any atom is -0.373 e. The van der Waals surface area contributed by atoms with Crippen LogP contribution in [0.1, 0.15) is 37.1 Å². The standard InChI is InChI=1S/C12H19NOS/c1-12(7-3-4-8-14-12)11(13-2)10-6-5-9-15-10/h5-6,9,11,13H,3-4,7-8H2,1-2H3. The van der Waals surface area contributed by atoms with Gasteiger partial charge in [0, 0.05) is 11.5 Å². The molecule has 2 heterocycles. The van der Waals surface area contributed by atoms with Gasteiger partial charge in [-0.3, -0.25) is 0 Å². The van der Waals surface area contributed by atoms with Crippen molar-refractivity contribution in [3.8, 4) is 0 Å². The smallest absolute Gasteiger partial charge is 0.0856 e. The maximum atomic E-state index is 5.99. The van der Waals surface area contributed by atoms with Crippen LogP contribution in [0.3, 0.4) is 0 Å². The number of ether oxygens (including phenoxy) is 1. The van der Waals surface area contributed by atoms with E-state index in [1.807, 2.05) is 7.05 Å². The van der Waals surface area contributed by atoms with E-state index in [2.05, 4.69) is 29.8 Å². The summed E-state index contributed by atoms with van der Waals surface area (Å²) >= 11 is 1.81. The number of thiophene rings is 1. The van der Waals surface area contributed by atoms with Gasteiger partial charge in [-0.2, -0.15) is 0 Å². The molecule has 84 valence electrons. The van der Waals surface area contributed by atoms with Crippen molar-refractivity contribution in [2.24, 2.45) is 0 Å². The summed E-state index contributed by atoms with van der Waals surface area (Å²) in [5, 5.41) is 5.53. The van der Waals surface area contributed by atoms with Crippen LogP contribution in [0.5, 0.6) is 0 Å². The lowest BCUT2D eigenvalue weighted by Gasteiger charge is -2.40. The SMILES string of the molecule is CNC(c1cccs1)C1(C)CCCCO1. The predicted molar refractivity (Wildman–Crippen MR) is 64.3 cm³/mol. The second-order valence-electron chi connectivity index (χ2n) is 4.36. The molecule has 1 N–H and O–H groups in total. The van der Waals surface area contributed by atoms with Gasteiger partial charge < -0.3 is 10.1 Å². The monoisotopic (exact) mass is 225 g/mol. The van der Waals surface area contributed by atoms with Crippen LogP contribution in [0.4, 0.5) is 0 Å². The van der Waals surface area contributed by atoms with Crippen molar-refractivity contribution >= 4 is 11.3 Å². The zero-order chi connectivity index (χ0) is 10.7. The topological polar surface area (TPSA) is 21.3 Å². The van der Waals surface area contributed by atoms with E-state index in [-0.39, 0.29) is 5.60 Å². The lowest BCUT2D eigenvalue weighted by atomic mass is 9.87. The zero-order valence-electron chi connectivity index (χ0n) is 9.45. The molecule has 0 saturated carbocycles. The van der Waals surface area contributed by atoms with Gasteiger partial charge in [-0.05, 0) is 44.7 Å². The highest BCUT2D eigenvalue weighted by molar-refractivity contribution is 7.10. The molecule has 0 spiro atoms. The second-order valence-corrected chi connectivity index (χ2v) is 5.33. The first-order chi connectivity index (χ1) is 7.26. The first kappa shape index (κ1) is 11.1. The minimum atomic E-state index is -0.0299. The summed E-state index contributed by atoms with van der Waals surface area (Å²) in [6, 6.07) is 4.63. The van der Waals surface area contributed by atoms with Gasteiger partial charge in [0.15, 0.2) is 0 Å². The molecule has 1 aromatic heterocycles. The molecule has 1 saturated heterocycles. The maximum Gasteiger partial charge on any atom is 0.0856 e. The Hall–Kier alpha value is -0.380. The van der Waals surface area contributed by atoms with Gasteiger partial charge in [0.2, 0.25) is 0 Å². The molecule has 0 amide bonds. The van der Waals surface area contributed by atoms with Gasteiger partial charge >= 0.3 is 0 Å². The Labute approximate surface area is 95.6 Å². The predicted octanol–water partition coefficient (Wildman–Crippen LogP) is 2.97. The Balaban J connectivity index is 2.18. The average Bonchev–Trinajstić information content (AvgIpc) is 2.73. The molecular weight excluding hydrogens is 206 g/mol. The molecule has 2 nitrogen and oxygen atoms in total. The maximum absolute atomic E-state index is 5.99. The summed E-state index contributed by atoms with van der Waals surface area (Å²) in [6.45, 7) is 3.13. The van der Waals surface area contributed by atoms with Gasteiger partial charge in [-0.15, -0.1) is 11.3 Å². The molecule has 0 aromatic carbocycles. The summed E-state index contributed by atoms with van der Waals surface area (Å²) < 4.78 is 5.99. The van der Waals surface area contributed by atoms with Crippen LogP contribution in [-0.2, 0) is 4.74 Å². The van der Waals surface area contributed by atoms with Crippen LogP contribution in [-0.4, -0.2) is 19.3 Å². The van der Waals surface area contributed by atoms with E-state index < -0.39 is 0 Å². The molecule has 1 fully saturated rings. The van der Waals surface area contributed by atoms with Crippen molar-refractivity contribution < 1.29 is 4.74 Å². The summed E-state index contributed by atoms with van der Waals surface area (Å²) in [4.78, 5) is 1.38. The number of hydrogen-bond donors (Lipinski definition) is 1. The summed E-state index contributed by atoms with van der Waals surface area (Å²) in [5.74, 6) is 0. The second kappa shape index (κ2) is 4.64. The van der Waals surface area contributed by atoms with Crippen molar-refractivity contribution in [1.82, 2.24) is 5.32 Å². The van der Waals surface area contributed by atoms with E-state index in [0.29, 0.717) is 6.04 Å². The zero-order valence-corrected chi connectivity index (χ0v) is 10.3. The highest BCUT2D eigenvalue weighted by Gasteiger charge is 2.37. The summed E-state index contributed by atoms with van der Waals surface area (Å²) in [5.41, 5.74) is -0.0299. The molecule has 1 aliphatic heterocycles. The fourth-order valence-corrected chi connectivity index (χ4v) is 3.36. The third-order valence-electron chi connectivity index (χ3n) is 3.23. The molecule has 15 heavy (non-hydrogen) atoms. The van der Waals surface area contributed by atoms with Crippen molar-refractivity contribution in [1.29, 1.82) is 0 Å². The average molecular weight is 225 g/mol. The third kappa shape index (κ3) is 2.25. The van der Waals surface area contributed by atoms with Crippen molar-refractivity contribution in [3.05, 3.63) is 22.4 Å². The minimum absolute atomic E-state index is 0.0299. The van der Waals surface area contributed by atoms with Crippen molar-refractivity contribution in [2.45, 2.75) is 37.8 Å². The van der Waals surface area contributed by atoms with Crippen LogP contribution >= 0.6 is 11.3 Å². The molecule has 1 aliphatic rings. The van der Waals surface area contributed by atoms with E-state index >= 15 is 0 Å². The van der Waals surface area contributed by atoms with E-state index in [1.165, 1.54) is 17.7 Å². The number of nitrogens with one attached hydrogen (secondary N) is 1. The Kier molecular flexibility index (Phi) is 3.44. The Morgan fingerprint density at radius 2 is 2.40 bits per heavy atom. The lowest BCUT2D eigenvalue weighted by molar-refractivity contribution is -0.0877. The molecule has 2 unspecified atom stereocenters. The summed E-state index contributed by atoms with van der Waals surface area (Å²) in [7, 11) is 2.02. The third-order valence-corrected chi connectivity index (χ3v) is 4.16. The van der Waals surface area contributed by atoms with Crippen molar-refractivity contribution in [3.63, 3.8) is 0 Å². The largest absolute Gasteiger partial charge is 0.373 e. The van der Waals surface area contributed by atoms with Gasteiger partial charge in [-0.25, -0.2) is 0 Å². The highest BCUT2D eigenvalue weighted by Crippen LogP contribution is 2.37. The van der Waals surface area contributed by atoms with Crippen molar-refractivity contribution in [2.75, 3.05) is 13.7 Å². The molecule has 2 atom stereocenters. The van der Waals surface area contributed by atoms with Crippen LogP contribution < -0.4 is 5.32 Å². The van der Waals surface area contributed by atoms with Gasteiger partial charge in [0.1, 0.15) is 0 Å². The Bertz CT molecular complexity index is 291. The number of likely N-dealkylation sites (N-methyl/N-ethyl adjacent to an activating group) is 1. The molecule has 1 aromatic rings. The van der Waals surface area contributed by atoms with Crippen LogP contribution in [0, 0.1) is 0 Å². The first-order valence-electron chi connectivity index (χ1n) is 5.61. The molecule has 2 rings (SSSR count). The summed E-state index contributed by atoms with van der Waals surface area (Å²) in [6.07, 6.45) is 3.63. The molecule has 3 heteroatoms. The van der Waals surface area contributed by atoms with E-state index in [4.69, 9.17) is 4.74 Å². The lowest BCUT2D eigenvalue weighted by Crippen LogP contribution is -2.44. The highest BCUT2D eigenvalue weighted by atomic mass is 32.1. The van der Waals surface area contributed by atoms with E-state index in [0.717, 1.165) is 13.0 Å². The van der Waals surface area contributed by atoms with Crippen LogP contribution in [0.2, 0.25) is 0 Å². The van der Waals surface area contributed by atoms with Gasteiger partial charge in [0.05, 0.1) is 11.6 Å². The first-order valence-corrected chi connectivity index (χ1v) is 6.49. The molecule has 0 radical (unpaired) electrons. The normalized spacial score (nSPS) is 28.9. The quantitative estimate of drug-likeness (QED) is 0.854. The molecular formula is C12H19NOS. The fraction of sp³-hybridized carbons (Fsp3) is 0.667. The number of hydrogen-bond acceptors (Lipinski definition) is 3. The van der Waals surface area contributed by atoms with E-state index in [9.17, 15) is 0 Å². The van der Waals surface area contributed by atoms with Gasteiger partial charge in [-0.1, -0.05) is 6.07 Å². The molecule has 0 aliphatic carbocycles. The Morgan fingerprint density at radius 1 is 1.53 bits per heavy atom. The number of rotatable bonds is 3. The Morgan fingerprint density at radius 3 is 2.93 bits per heavy atom. The van der Waals surface area contributed by atoms with Gasteiger partial charge in [0.25, 0.3) is 0 Å². The van der Waals surface area contributed by atoms with Crippen LogP contribution in [0.15, 0.2) is 17.5 Å². The fourth-order valence-electron chi connectivity index (χ4n) is 2.39. The molecule has 0 bridgehead atoms. The van der Waals surface area contributed by atoms with E-state index in [1.54, 1.807) is 11.3 Å². The van der Waals surface area contributed by atoms with Crippen LogP contribution in [0.25, 0.3) is 0 Å².